The fourth-order valence-corrected chi connectivity index (χ4v) is 4.09. The van der Waals surface area contributed by atoms with Crippen LogP contribution in [0.1, 0.15) is 38.2 Å². The van der Waals surface area contributed by atoms with Crippen LogP contribution in [0.5, 0.6) is 5.75 Å². The summed E-state index contributed by atoms with van der Waals surface area (Å²) in [6, 6.07) is 7.71. The predicted octanol–water partition coefficient (Wildman–Crippen LogP) is 2.21. The molecule has 0 aromatic heterocycles. The molecule has 1 unspecified atom stereocenters. The quantitative estimate of drug-likeness (QED) is 0.729. The second-order valence-electron chi connectivity index (χ2n) is 7.97. The summed E-state index contributed by atoms with van der Waals surface area (Å²) in [6.45, 7) is 8.36. The molecule has 0 radical (unpaired) electrons. The van der Waals surface area contributed by atoms with E-state index in [1.54, 1.807) is 0 Å². The number of nitrogens with zero attached hydrogens (tertiary/aromatic N) is 2. The first-order valence-corrected chi connectivity index (χ1v) is 10.5. The summed E-state index contributed by atoms with van der Waals surface area (Å²) in [6.07, 6.45) is 3.97. The normalized spacial score (nSPS) is 19.4. The van der Waals surface area contributed by atoms with Crippen LogP contribution in [0.3, 0.4) is 0 Å². The Labute approximate surface area is 168 Å². The zero-order valence-corrected chi connectivity index (χ0v) is 17.2. The van der Waals surface area contributed by atoms with E-state index in [2.05, 4.69) is 10.2 Å². The average molecular weight is 388 g/mol. The molecule has 1 atom stereocenters. The van der Waals surface area contributed by atoms with Gasteiger partial charge in [0.05, 0.1) is 12.6 Å². The number of nitrogens with one attached hydrogen (secondary N) is 1. The maximum Gasteiger partial charge on any atom is 0.237 e. The Kier molecular flexibility index (Phi) is 7.31. The number of aryl methyl sites for hydroxylation is 1. The maximum atomic E-state index is 12.5. The van der Waals surface area contributed by atoms with Gasteiger partial charge in [0.25, 0.3) is 0 Å². The highest BCUT2D eigenvalue weighted by Gasteiger charge is 2.32. The lowest BCUT2D eigenvalue weighted by Gasteiger charge is -2.36. The van der Waals surface area contributed by atoms with Crippen LogP contribution in [0.25, 0.3) is 0 Å². The van der Waals surface area contributed by atoms with Crippen LogP contribution >= 0.6 is 0 Å². The van der Waals surface area contributed by atoms with Crippen molar-refractivity contribution in [3.8, 4) is 5.75 Å². The van der Waals surface area contributed by atoms with Crippen molar-refractivity contribution >= 4 is 11.8 Å². The van der Waals surface area contributed by atoms with E-state index < -0.39 is 0 Å². The fourth-order valence-electron chi connectivity index (χ4n) is 4.09. The first kappa shape index (κ1) is 20.6. The molecule has 2 aliphatic heterocycles. The van der Waals surface area contributed by atoms with Gasteiger partial charge in [-0.1, -0.05) is 12.1 Å². The number of rotatable bonds is 7. The summed E-state index contributed by atoms with van der Waals surface area (Å²) >= 11 is 0. The summed E-state index contributed by atoms with van der Waals surface area (Å²) < 4.78 is 5.68. The van der Waals surface area contributed by atoms with Gasteiger partial charge in [0.15, 0.2) is 0 Å². The minimum atomic E-state index is -0.179. The molecule has 6 heteroatoms. The van der Waals surface area contributed by atoms with E-state index >= 15 is 0 Å². The van der Waals surface area contributed by atoms with Gasteiger partial charge in [-0.05, 0) is 70.3 Å². The molecule has 0 bridgehead atoms. The molecule has 1 aromatic carbocycles. The Morgan fingerprint density at radius 1 is 1.18 bits per heavy atom. The molecule has 2 fully saturated rings. The van der Waals surface area contributed by atoms with Gasteiger partial charge in [0, 0.05) is 19.0 Å². The topological polar surface area (TPSA) is 61.9 Å². The van der Waals surface area contributed by atoms with E-state index in [-0.39, 0.29) is 17.9 Å². The first-order chi connectivity index (χ1) is 13.5. The molecule has 28 heavy (non-hydrogen) atoms. The predicted molar refractivity (Wildman–Crippen MR) is 109 cm³/mol. The number of carbonyl (C=O) groups is 2. The zero-order chi connectivity index (χ0) is 19.9. The minimum absolute atomic E-state index is 0.0251. The van der Waals surface area contributed by atoms with Crippen LogP contribution in [-0.2, 0) is 9.59 Å². The second kappa shape index (κ2) is 9.92. The smallest absolute Gasteiger partial charge is 0.237 e. The fraction of sp³-hybridized carbons (Fsp3) is 0.636. The van der Waals surface area contributed by atoms with E-state index in [4.69, 9.17) is 4.74 Å². The third-order valence-electron chi connectivity index (χ3n) is 5.88. The third kappa shape index (κ3) is 5.47. The molecule has 1 aromatic rings. The SMILES string of the molecule is Cc1cccc(OCCNC(=O)C(C)N2CCC(C(=O)N3CCCC3)CC2)c1. The molecule has 2 amide bonds. The van der Waals surface area contributed by atoms with Gasteiger partial charge < -0.3 is 15.0 Å². The van der Waals surface area contributed by atoms with Gasteiger partial charge in [0.2, 0.25) is 11.8 Å². The van der Waals surface area contributed by atoms with Crippen molar-refractivity contribution in [3.63, 3.8) is 0 Å². The Morgan fingerprint density at radius 3 is 2.57 bits per heavy atom. The first-order valence-electron chi connectivity index (χ1n) is 10.5. The van der Waals surface area contributed by atoms with Gasteiger partial charge in [-0.3, -0.25) is 14.5 Å². The van der Waals surface area contributed by atoms with Crippen molar-refractivity contribution in [2.75, 3.05) is 39.3 Å². The number of ether oxygens (including phenoxy) is 1. The van der Waals surface area contributed by atoms with E-state index in [0.717, 1.165) is 63.2 Å². The highest BCUT2D eigenvalue weighted by Crippen LogP contribution is 2.23. The largest absolute Gasteiger partial charge is 0.492 e. The molecule has 1 N–H and O–H groups in total. The molecule has 2 aliphatic rings. The molecule has 2 heterocycles. The highest BCUT2D eigenvalue weighted by molar-refractivity contribution is 5.81. The molecule has 154 valence electrons. The average Bonchev–Trinajstić information content (AvgIpc) is 3.25. The Morgan fingerprint density at radius 2 is 1.89 bits per heavy atom. The molecule has 0 aliphatic carbocycles. The third-order valence-corrected chi connectivity index (χ3v) is 5.88. The van der Waals surface area contributed by atoms with Gasteiger partial charge in [-0.15, -0.1) is 0 Å². The lowest BCUT2D eigenvalue weighted by molar-refractivity contribution is -0.136. The lowest BCUT2D eigenvalue weighted by atomic mass is 9.94. The molecule has 2 saturated heterocycles. The van der Waals surface area contributed by atoms with Gasteiger partial charge >= 0.3 is 0 Å². The number of amides is 2. The van der Waals surface area contributed by atoms with Gasteiger partial charge in [-0.2, -0.15) is 0 Å². The van der Waals surface area contributed by atoms with Crippen LogP contribution in [0, 0.1) is 12.8 Å². The zero-order valence-electron chi connectivity index (χ0n) is 17.2. The molecule has 6 nitrogen and oxygen atoms in total. The minimum Gasteiger partial charge on any atom is -0.492 e. The number of piperidine rings is 1. The van der Waals surface area contributed by atoms with E-state index in [1.807, 2.05) is 43.0 Å². The number of hydrogen-bond donors (Lipinski definition) is 1. The van der Waals surface area contributed by atoms with Crippen LogP contribution in [0.15, 0.2) is 24.3 Å². The van der Waals surface area contributed by atoms with Crippen LogP contribution in [0.2, 0.25) is 0 Å². The number of carbonyl (C=O) groups excluding carboxylic acids is 2. The summed E-state index contributed by atoms with van der Waals surface area (Å²) in [5.41, 5.74) is 1.15. The van der Waals surface area contributed by atoms with Crippen LogP contribution < -0.4 is 10.1 Å². The summed E-state index contributed by atoms with van der Waals surface area (Å²) in [4.78, 5) is 29.2. The monoisotopic (exact) mass is 387 g/mol. The Hall–Kier alpha value is -2.08. The van der Waals surface area contributed by atoms with Crippen molar-refractivity contribution in [2.45, 2.75) is 45.6 Å². The summed E-state index contributed by atoms with van der Waals surface area (Å²) in [7, 11) is 0. The highest BCUT2D eigenvalue weighted by atomic mass is 16.5. The van der Waals surface area contributed by atoms with Crippen molar-refractivity contribution < 1.29 is 14.3 Å². The molecule has 0 saturated carbocycles. The van der Waals surface area contributed by atoms with Crippen LogP contribution in [0.4, 0.5) is 0 Å². The lowest BCUT2D eigenvalue weighted by Crippen LogP contribution is -2.50. The Bertz CT molecular complexity index is 665. The van der Waals surface area contributed by atoms with Crippen molar-refractivity contribution in [2.24, 2.45) is 5.92 Å². The van der Waals surface area contributed by atoms with Crippen molar-refractivity contribution in [3.05, 3.63) is 29.8 Å². The molecule has 0 spiro atoms. The number of likely N-dealkylation sites (tertiary alicyclic amines) is 2. The molecular weight excluding hydrogens is 354 g/mol. The van der Waals surface area contributed by atoms with E-state index in [0.29, 0.717) is 19.1 Å². The van der Waals surface area contributed by atoms with Gasteiger partial charge in [-0.25, -0.2) is 0 Å². The molecule has 3 rings (SSSR count). The van der Waals surface area contributed by atoms with Crippen molar-refractivity contribution in [1.82, 2.24) is 15.1 Å². The maximum absolute atomic E-state index is 12.5. The Balaban J connectivity index is 1.35. The van der Waals surface area contributed by atoms with Gasteiger partial charge in [0.1, 0.15) is 12.4 Å². The van der Waals surface area contributed by atoms with Crippen molar-refractivity contribution in [1.29, 1.82) is 0 Å². The van der Waals surface area contributed by atoms with Crippen LogP contribution in [-0.4, -0.2) is 67.0 Å². The number of benzene rings is 1. The molecular formula is C22H33N3O3. The number of hydrogen-bond acceptors (Lipinski definition) is 4. The standard InChI is InChI=1S/C22H33N3O3/c1-17-6-5-7-20(16-17)28-15-10-23-21(26)18(2)24-13-8-19(9-14-24)22(27)25-11-3-4-12-25/h5-7,16,18-19H,3-4,8-15H2,1-2H3,(H,23,26). The van der Waals surface area contributed by atoms with E-state index in [9.17, 15) is 9.59 Å². The second-order valence-corrected chi connectivity index (χ2v) is 7.97. The van der Waals surface area contributed by atoms with E-state index in [1.165, 1.54) is 0 Å². The summed E-state index contributed by atoms with van der Waals surface area (Å²) in [5.74, 6) is 1.30. The summed E-state index contributed by atoms with van der Waals surface area (Å²) in [5, 5.41) is 2.96.